The number of rotatable bonds is 10. The summed E-state index contributed by atoms with van der Waals surface area (Å²) in [5.74, 6) is 0.333. The molecule has 3 atom stereocenters. The van der Waals surface area contributed by atoms with E-state index in [9.17, 15) is 9.18 Å². The molecule has 3 aromatic heterocycles. The van der Waals surface area contributed by atoms with E-state index in [4.69, 9.17) is 66.1 Å². The van der Waals surface area contributed by atoms with Crippen molar-refractivity contribution in [1.29, 1.82) is 0 Å². The molecule has 0 radical (unpaired) electrons. The van der Waals surface area contributed by atoms with Crippen molar-refractivity contribution < 1.29 is 47.1 Å². The van der Waals surface area contributed by atoms with Gasteiger partial charge in [0.25, 0.3) is 0 Å². The summed E-state index contributed by atoms with van der Waals surface area (Å²) < 4.78 is 64.4. The van der Waals surface area contributed by atoms with Crippen LogP contribution in [0.3, 0.4) is 0 Å². The highest BCUT2D eigenvalue weighted by Crippen LogP contribution is 2.53. The van der Waals surface area contributed by atoms with E-state index in [-0.39, 0.29) is 50.1 Å². The maximum atomic E-state index is 14.5. The molecule has 10 rings (SSSR count). The Labute approximate surface area is 420 Å². The first-order valence-corrected chi connectivity index (χ1v) is 24.8. The molecule has 0 spiro atoms. The van der Waals surface area contributed by atoms with Crippen LogP contribution in [0.5, 0.6) is 29.1 Å². The van der Waals surface area contributed by atoms with Gasteiger partial charge in [-0.05, 0) is 100 Å². The van der Waals surface area contributed by atoms with Crippen molar-refractivity contribution in [3.8, 4) is 50.7 Å². The molecule has 3 aromatic carbocycles. The highest BCUT2D eigenvalue weighted by atomic mass is 35.5. The van der Waals surface area contributed by atoms with Crippen molar-refractivity contribution in [1.82, 2.24) is 29.7 Å². The van der Waals surface area contributed by atoms with E-state index >= 15 is 0 Å². The molecule has 370 valence electrons. The van der Waals surface area contributed by atoms with Crippen LogP contribution in [0.2, 0.25) is 10.0 Å². The molecule has 0 saturated carbocycles. The number of ether oxygens (including phenoxy) is 8. The number of benzene rings is 3. The number of fused-ring (bicyclic) bond motifs is 7. The highest BCUT2D eigenvalue weighted by Gasteiger charge is 2.34. The van der Waals surface area contributed by atoms with Crippen molar-refractivity contribution >= 4 is 50.7 Å². The summed E-state index contributed by atoms with van der Waals surface area (Å²) in [4.78, 5) is 38.7. The van der Waals surface area contributed by atoms with Gasteiger partial charge in [-0.2, -0.15) is 4.98 Å². The SMILES string of the molecule is Cc1c(Cl)c2c(Cl)c(C)c1-c1c(-c3ccc(F)cc3)sc3ncnc(c13)O[C@@H](C(=O)OC(C)(C)C)Cc1cc(ccc1OCc1ccnc(OC[C@H]3COCCO3)n1)OC[C@@H](CN1CCN(C)CC1)O2. The van der Waals surface area contributed by atoms with E-state index in [1.807, 2.05) is 19.9 Å². The van der Waals surface area contributed by atoms with E-state index in [1.165, 1.54) is 29.8 Å². The van der Waals surface area contributed by atoms with Gasteiger partial charge in [-0.25, -0.2) is 24.1 Å². The Hall–Kier alpha value is -5.40. The average Bonchev–Trinajstić information content (AvgIpc) is 3.73. The van der Waals surface area contributed by atoms with Crippen molar-refractivity contribution in [2.75, 3.05) is 72.8 Å². The summed E-state index contributed by atoms with van der Waals surface area (Å²) in [7, 11) is 2.11. The smallest absolute Gasteiger partial charge is 0.348 e. The lowest BCUT2D eigenvalue weighted by Crippen LogP contribution is -2.49. The second-order valence-electron chi connectivity index (χ2n) is 18.5. The fourth-order valence-electron chi connectivity index (χ4n) is 8.55. The Morgan fingerprint density at radius 3 is 2.40 bits per heavy atom. The lowest BCUT2D eigenvalue weighted by molar-refractivity contribution is -0.163. The van der Waals surface area contributed by atoms with Crippen molar-refractivity contribution in [2.45, 2.75) is 71.6 Å². The average molecular weight is 1020 g/mol. The Balaban J connectivity index is 1.16. The molecule has 15 nitrogen and oxygen atoms in total. The van der Waals surface area contributed by atoms with Crippen LogP contribution in [-0.2, 0) is 32.0 Å². The fourth-order valence-corrected chi connectivity index (χ4v) is 10.2. The topological polar surface area (TPSA) is 149 Å². The van der Waals surface area contributed by atoms with Gasteiger partial charge in [0.1, 0.15) is 66.1 Å². The molecular formula is C51H55Cl2FN6O9S. The molecule has 4 bridgehead atoms. The first-order chi connectivity index (χ1) is 33.7. The van der Waals surface area contributed by atoms with Gasteiger partial charge < -0.3 is 42.8 Å². The van der Waals surface area contributed by atoms with Crippen LogP contribution in [0.1, 0.15) is 43.2 Å². The fraction of sp³-hybridized carbons (Fsp3) is 0.431. The van der Waals surface area contributed by atoms with Gasteiger partial charge in [0.2, 0.25) is 12.0 Å². The van der Waals surface area contributed by atoms with Crippen LogP contribution in [0.15, 0.2) is 61.1 Å². The summed E-state index contributed by atoms with van der Waals surface area (Å²) in [6, 6.07) is 13.5. The Morgan fingerprint density at radius 1 is 0.900 bits per heavy atom. The standard InChI is InChI=1S/C51H55Cl2FN6O9S/c1-29-40-30(2)44(53)45(43(29)52)67-36(23-60-17-15-59(6)16-18-60)26-64-35-11-12-38(65-24-34-13-14-55-50(58-34)66-27-37-25-62-19-20-63-37)32(21-35)22-39(49(61)69-51(3,4)5)68-47-42-41(40)46(70-48(42)57-28-56-47)31-7-9-33(54)10-8-31/h7-14,21,28,36-37,39H,15-20,22-27H2,1-6H3/t36-,37-,39-/m1/s1. The third kappa shape index (κ3) is 11.5. The van der Waals surface area contributed by atoms with Gasteiger partial charge in [0.15, 0.2) is 5.75 Å². The van der Waals surface area contributed by atoms with Gasteiger partial charge in [0.05, 0.1) is 40.9 Å². The number of nitrogens with zero attached hydrogens (tertiary/aromatic N) is 6. The van der Waals surface area contributed by atoms with Crippen LogP contribution in [0.4, 0.5) is 4.39 Å². The van der Waals surface area contributed by atoms with Gasteiger partial charge in [-0.15, -0.1) is 11.3 Å². The van der Waals surface area contributed by atoms with Gasteiger partial charge >= 0.3 is 12.0 Å². The van der Waals surface area contributed by atoms with Crippen LogP contribution in [-0.4, -0.2) is 132 Å². The summed E-state index contributed by atoms with van der Waals surface area (Å²) in [6.07, 6.45) is 0.914. The van der Waals surface area contributed by atoms with Crippen molar-refractivity contribution in [2.24, 2.45) is 0 Å². The second kappa shape index (κ2) is 21.5. The summed E-state index contributed by atoms with van der Waals surface area (Å²) >= 11 is 16.2. The van der Waals surface area contributed by atoms with Gasteiger partial charge in [0, 0.05) is 61.3 Å². The number of hydrogen-bond acceptors (Lipinski definition) is 16. The number of aromatic nitrogens is 4. The lowest BCUT2D eigenvalue weighted by Gasteiger charge is -2.35. The minimum Gasteiger partial charge on any atom is -0.490 e. The predicted octanol–water partition coefficient (Wildman–Crippen LogP) is 8.97. The molecule has 0 aliphatic carbocycles. The minimum absolute atomic E-state index is 0.0302. The number of esters is 1. The molecular weight excluding hydrogens is 963 g/mol. The molecule has 0 unspecified atom stereocenters. The summed E-state index contributed by atoms with van der Waals surface area (Å²) in [5, 5.41) is 1.13. The molecule has 2 saturated heterocycles. The molecule has 70 heavy (non-hydrogen) atoms. The van der Waals surface area contributed by atoms with Gasteiger partial charge in [-0.3, -0.25) is 4.90 Å². The molecule has 19 heteroatoms. The molecule has 0 N–H and O–H groups in total. The first-order valence-electron chi connectivity index (χ1n) is 23.2. The number of halogens is 3. The number of hydrogen-bond donors (Lipinski definition) is 0. The van der Waals surface area contributed by atoms with E-state index in [1.54, 1.807) is 57.3 Å². The molecule has 4 aliphatic heterocycles. The Kier molecular flexibility index (Phi) is 15.2. The predicted molar refractivity (Wildman–Crippen MR) is 264 cm³/mol. The molecule has 4 aliphatic rings. The van der Waals surface area contributed by atoms with Crippen LogP contribution < -0.4 is 23.7 Å². The van der Waals surface area contributed by atoms with Crippen LogP contribution in [0, 0.1) is 19.7 Å². The van der Waals surface area contributed by atoms with E-state index in [0.29, 0.717) is 103 Å². The third-order valence-corrected chi connectivity index (χ3v) is 14.2. The van der Waals surface area contributed by atoms with Crippen LogP contribution >= 0.6 is 34.5 Å². The normalized spacial score (nSPS) is 19.2. The Morgan fingerprint density at radius 2 is 1.67 bits per heavy atom. The first kappa shape index (κ1) is 49.6. The van der Waals surface area contributed by atoms with Crippen LogP contribution in [0.25, 0.3) is 31.8 Å². The molecule has 6 aromatic rings. The Bertz CT molecular complexity index is 2810. The zero-order chi connectivity index (χ0) is 49.1. The number of carbonyl (C=O) groups excluding carboxylic acids is 1. The number of thiophene rings is 1. The minimum atomic E-state index is -1.28. The maximum absolute atomic E-state index is 14.5. The molecule has 7 heterocycles. The quantitative estimate of drug-likeness (QED) is 0.120. The zero-order valence-corrected chi connectivity index (χ0v) is 42.2. The lowest BCUT2D eigenvalue weighted by atomic mass is 9.92. The van der Waals surface area contributed by atoms with Gasteiger partial charge in [-0.1, -0.05) is 35.3 Å². The van der Waals surface area contributed by atoms with E-state index < -0.39 is 23.8 Å². The highest BCUT2D eigenvalue weighted by molar-refractivity contribution is 7.22. The largest absolute Gasteiger partial charge is 0.490 e. The monoisotopic (exact) mass is 1020 g/mol. The summed E-state index contributed by atoms with van der Waals surface area (Å²) in [5.41, 5.74) is 3.64. The second-order valence-corrected chi connectivity index (χ2v) is 20.3. The number of piperazine rings is 1. The number of carbonyl (C=O) groups is 1. The van der Waals surface area contributed by atoms with E-state index in [0.717, 1.165) is 31.1 Å². The van der Waals surface area contributed by atoms with Crippen molar-refractivity contribution in [3.05, 3.63) is 99.3 Å². The number of likely N-dealkylation sites (N-methyl/N-ethyl adjacent to an activating group) is 1. The molecule has 0 amide bonds. The third-order valence-electron chi connectivity index (χ3n) is 12.1. The van der Waals surface area contributed by atoms with E-state index in [2.05, 4.69) is 31.8 Å². The van der Waals surface area contributed by atoms with Crippen molar-refractivity contribution in [3.63, 3.8) is 0 Å². The molecule has 2 fully saturated rings. The zero-order valence-electron chi connectivity index (χ0n) is 39.9. The summed E-state index contributed by atoms with van der Waals surface area (Å²) in [6.45, 7) is 15.0. The maximum Gasteiger partial charge on any atom is 0.348 e.